The summed E-state index contributed by atoms with van der Waals surface area (Å²) in [5.41, 5.74) is -1.24. The first-order valence-corrected chi connectivity index (χ1v) is 6.12. The first-order chi connectivity index (χ1) is 9.31. The maximum absolute atomic E-state index is 11.9. The molecule has 0 aliphatic heterocycles. The fourth-order valence-corrected chi connectivity index (χ4v) is 2.26. The summed E-state index contributed by atoms with van der Waals surface area (Å²) >= 11 is 11.7. The molecule has 0 atom stereocenters. The van der Waals surface area contributed by atoms with Crippen LogP contribution in [0.2, 0.25) is 10.0 Å². The first-order valence-electron chi connectivity index (χ1n) is 5.37. The molecule has 2 N–H and O–H groups in total. The van der Waals surface area contributed by atoms with E-state index in [1.165, 1.54) is 12.1 Å². The summed E-state index contributed by atoms with van der Waals surface area (Å²) < 4.78 is 0.748. The number of benzene rings is 1. The lowest BCUT2D eigenvalue weighted by atomic mass is 10.2. The minimum Gasteiger partial charge on any atom is -0.478 e. The molecule has 20 heavy (non-hydrogen) atoms. The van der Waals surface area contributed by atoms with E-state index in [0.717, 1.165) is 10.6 Å². The zero-order valence-corrected chi connectivity index (χ0v) is 11.6. The monoisotopic (exact) mass is 314 g/mol. The fraction of sp³-hybridized carbons (Fsp3) is 0.0833. The molecule has 0 spiro atoms. The van der Waals surface area contributed by atoms with Crippen LogP contribution < -0.4 is 11.2 Å². The molecule has 1 heterocycles. The van der Waals surface area contributed by atoms with Gasteiger partial charge in [-0.05, 0) is 19.1 Å². The van der Waals surface area contributed by atoms with Crippen molar-refractivity contribution < 1.29 is 9.90 Å². The van der Waals surface area contributed by atoms with Crippen LogP contribution in [0.3, 0.4) is 0 Å². The molecule has 2 aromatic rings. The topological polar surface area (TPSA) is 92.2 Å². The van der Waals surface area contributed by atoms with Gasteiger partial charge >= 0.3 is 11.7 Å². The van der Waals surface area contributed by atoms with Gasteiger partial charge in [-0.25, -0.2) is 14.2 Å². The second-order valence-electron chi connectivity index (χ2n) is 4.02. The van der Waals surface area contributed by atoms with E-state index in [9.17, 15) is 14.4 Å². The van der Waals surface area contributed by atoms with Crippen LogP contribution in [0.1, 0.15) is 16.1 Å². The highest BCUT2D eigenvalue weighted by atomic mass is 35.5. The van der Waals surface area contributed by atoms with E-state index in [4.69, 9.17) is 28.3 Å². The molecule has 104 valence electrons. The summed E-state index contributed by atoms with van der Waals surface area (Å²) in [6, 6.07) is 3.46. The Hall–Kier alpha value is -2.05. The Kier molecular flexibility index (Phi) is 3.69. The van der Waals surface area contributed by atoms with Gasteiger partial charge in [-0.1, -0.05) is 23.2 Å². The Balaban J connectivity index is 2.84. The maximum atomic E-state index is 11.9. The molecule has 1 aromatic carbocycles. The van der Waals surface area contributed by atoms with Crippen molar-refractivity contribution in [1.29, 1.82) is 0 Å². The van der Waals surface area contributed by atoms with Gasteiger partial charge < -0.3 is 10.1 Å². The molecular formula is C12H8Cl2N2O4. The molecule has 0 aliphatic rings. The predicted octanol–water partition coefficient (Wildman–Crippen LogP) is 1.84. The molecule has 0 amide bonds. The van der Waals surface area contributed by atoms with E-state index in [1.807, 2.05) is 0 Å². The third kappa shape index (κ3) is 2.48. The molecule has 0 radical (unpaired) electrons. The van der Waals surface area contributed by atoms with Crippen LogP contribution in [0.5, 0.6) is 0 Å². The number of carbonyl (C=O) groups is 1. The highest BCUT2D eigenvalue weighted by Crippen LogP contribution is 2.26. The van der Waals surface area contributed by atoms with E-state index in [0.29, 0.717) is 5.69 Å². The number of hydrogen-bond donors (Lipinski definition) is 2. The lowest BCUT2D eigenvalue weighted by Crippen LogP contribution is -2.34. The molecule has 0 saturated carbocycles. The molecule has 0 bridgehead atoms. The van der Waals surface area contributed by atoms with Crippen LogP contribution in [0.25, 0.3) is 5.69 Å². The van der Waals surface area contributed by atoms with Gasteiger partial charge in [0.05, 0.1) is 21.3 Å². The van der Waals surface area contributed by atoms with E-state index in [2.05, 4.69) is 4.98 Å². The molecule has 0 saturated heterocycles. The predicted molar refractivity (Wildman–Crippen MR) is 74.4 cm³/mol. The zero-order chi connectivity index (χ0) is 15.0. The van der Waals surface area contributed by atoms with E-state index < -0.39 is 17.2 Å². The zero-order valence-electron chi connectivity index (χ0n) is 10.1. The van der Waals surface area contributed by atoms with E-state index >= 15 is 0 Å². The smallest absolute Gasteiger partial charge is 0.337 e. The van der Waals surface area contributed by atoms with Crippen molar-refractivity contribution >= 4 is 29.2 Å². The van der Waals surface area contributed by atoms with Crippen LogP contribution in [0.15, 0.2) is 27.8 Å². The van der Waals surface area contributed by atoms with Crippen molar-refractivity contribution in [1.82, 2.24) is 9.55 Å². The van der Waals surface area contributed by atoms with Gasteiger partial charge in [-0.3, -0.25) is 4.79 Å². The Morgan fingerprint density at radius 1 is 1.20 bits per heavy atom. The number of aromatic nitrogens is 2. The molecule has 6 nitrogen and oxygen atoms in total. The largest absolute Gasteiger partial charge is 0.478 e. The van der Waals surface area contributed by atoms with Crippen molar-refractivity contribution in [2.45, 2.75) is 6.92 Å². The number of aromatic carboxylic acids is 1. The Morgan fingerprint density at radius 3 is 2.40 bits per heavy atom. The SMILES string of the molecule is Cc1cc(=O)n(-c2cc(C(=O)O)c(Cl)cc2Cl)c(=O)[nH]1. The number of hydrogen-bond acceptors (Lipinski definition) is 3. The van der Waals surface area contributed by atoms with Gasteiger partial charge in [0, 0.05) is 11.8 Å². The van der Waals surface area contributed by atoms with Crippen molar-refractivity contribution in [2.75, 3.05) is 0 Å². The molecule has 1 aromatic heterocycles. The summed E-state index contributed by atoms with van der Waals surface area (Å²) in [5.74, 6) is -1.29. The number of aryl methyl sites for hydroxylation is 1. The number of nitrogens with one attached hydrogen (secondary N) is 1. The first kappa shape index (κ1) is 14.4. The number of nitrogens with zero attached hydrogens (tertiary/aromatic N) is 1. The number of H-pyrrole nitrogens is 1. The average Bonchev–Trinajstić information content (AvgIpc) is 2.29. The molecule has 0 aliphatic carbocycles. The molecule has 8 heteroatoms. The van der Waals surface area contributed by atoms with E-state index in [1.54, 1.807) is 6.92 Å². The second kappa shape index (κ2) is 5.15. The summed E-state index contributed by atoms with van der Waals surface area (Å²) in [6.07, 6.45) is 0. The molecule has 0 unspecified atom stereocenters. The van der Waals surface area contributed by atoms with Gasteiger partial charge in [0.25, 0.3) is 5.56 Å². The Morgan fingerprint density at radius 2 is 1.85 bits per heavy atom. The highest BCUT2D eigenvalue weighted by Gasteiger charge is 2.16. The van der Waals surface area contributed by atoms with Gasteiger partial charge in [0.2, 0.25) is 0 Å². The molecule has 0 fully saturated rings. The van der Waals surface area contributed by atoms with Crippen molar-refractivity contribution in [2.24, 2.45) is 0 Å². The summed E-state index contributed by atoms with van der Waals surface area (Å²) in [7, 11) is 0. The summed E-state index contributed by atoms with van der Waals surface area (Å²) in [5, 5.41) is 8.93. The van der Waals surface area contributed by atoms with Crippen LogP contribution >= 0.6 is 23.2 Å². The van der Waals surface area contributed by atoms with Gasteiger partial charge in [-0.2, -0.15) is 0 Å². The van der Waals surface area contributed by atoms with Crippen LogP contribution in [0.4, 0.5) is 0 Å². The molecule has 2 rings (SSSR count). The normalized spacial score (nSPS) is 10.6. The second-order valence-corrected chi connectivity index (χ2v) is 4.83. The number of halogens is 2. The Bertz CT molecular complexity index is 792. The van der Waals surface area contributed by atoms with Crippen LogP contribution in [-0.2, 0) is 0 Å². The average molecular weight is 315 g/mol. The third-order valence-electron chi connectivity index (χ3n) is 2.58. The number of carboxylic acids is 1. The lowest BCUT2D eigenvalue weighted by Gasteiger charge is -2.09. The van der Waals surface area contributed by atoms with Gasteiger partial charge in [0.1, 0.15) is 0 Å². The minimum atomic E-state index is -1.29. The van der Waals surface area contributed by atoms with E-state index in [-0.39, 0.29) is 21.3 Å². The number of rotatable bonds is 2. The number of aromatic amines is 1. The van der Waals surface area contributed by atoms with Crippen LogP contribution in [0, 0.1) is 6.92 Å². The van der Waals surface area contributed by atoms with Crippen molar-refractivity contribution in [3.8, 4) is 5.69 Å². The summed E-state index contributed by atoms with van der Waals surface area (Å²) in [6.45, 7) is 1.55. The van der Waals surface area contributed by atoms with Gasteiger partial charge in [-0.15, -0.1) is 0 Å². The number of carboxylic acid groups (broad SMARTS) is 1. The summed E-state index contributed by atoms with van der Waals surface area (Å²) in [4.78, 5) is 37.2. The fourth-order valence-electron chi connectivity index (χ4n) is 1.71. The third-order valence-corrected chi connectivity index (χ3v) is 3.19. The lowest BCUT2D eigenvalue weighted by molar-refractivity contribution is 0.0697. The van der Waals surface area contributed by atoms with Crippen molar-refractivity contribution in [3.05, 3.63) is 60.3 Å². The maximum Gasteiger partial charge on any atom is 0.337 e. The van der Waals surface area contributed by atoms with Crippen LogP contribution in [-0.4, -0.2) is 20.6 Å². The highest BCUT2D eigenvalue weighted by molar-refractivity contribution is 6.37. The quantitative estimate of drug-likeness (QED) is 0.884. The van der Waals surface area contributed by atoms with Crippen molar-refractivity contribution in [3.63, 3.8) is 0 Å². The molecular weight excluding hydrogens is 307 g/mol. The standard InChI is InChI=1S/C12H8Cl2N2O4/c1-5-2-10(17)16(12(20)15-5)9-3-6(11(18)19)7(13)4-8(9)14/h2-4H,1H3,(H,15,20)(H,18,19). The minimum absolute atomic E-state index is 0.00328. The Labute approximate surface area is 122 Å². The van der Waals surface area contributed by atoms with Gasteiger partial charge in [0.15, 0.2) is 0 Å².